The van der Waals surface area contributed by atoms with Gasteiger partial charge in [-0.25, -0.2) is 0 Å². The second kappa shape index (κ2) is 4.93. The summed E-state index contributed by atoms with van der Waals surface area (Å²) >= 11 is 0. The Balaban J connectivity index is 1.70. The zero-order valence-corrected chi connectivity index (χ0v) is 13.2. The summed E-state index contributed by atoms with van der Waals surface area (Å²) in [6, 6.07) is 7.82. The van der Waals surface area contributed by atoms with Crippen molar-refractivity contribution in [2.24, 2.45) is 11.8 Å². The summed E-state index contributed by atoms with van der Waals surface area (Å²) in [5.41, 5.74) is 1.25. The molecule has 1 amide bonds. The van der Waals surface area contributed by atoms with E-state index in [0.717, 1.165) is 11.3 Å². The van der Waals surface area contributed by atoms with Gasteiger partial charge in [0.05, 0.1) is 25.2 Å². The molecule has 3 heterocycles. The van der Waals surface area contributed by atoms with Gasteiger partial charge in [0.1, 0.15) is 11.5 Å². The first-order valence-electron chi connectivity index (χ1n) is 7.97. The van der Waals surface area contributed by atoms with Crippen LogP contribution in [0.1, 0.15) is 12.5 Å². The van der Waals surface area contributed by atoms with Crippen LogP contribution in [-0.2, 0) is 19.1 Å². The predicted octanol–water partition coefficient (Wildman–Crippen LogP) is 1.84. The maximum absolute atomic E-state index is 13.0. The third-order valence-electron chi connectivity index (χ3n) is 4.97. The summed E-state index contributed by atoms with van der Waals surface area (Å²) < 4.78 is 11.2. The van der Waals surface area contributed by atoms with Gasteiger partial charge < -0.3 is 14.4 Å². The second-order valence-corrected chi connectivity index (χ2v) is 6.42. The monoisotopic (exact) mass is 313 g/mol. The van der Waals surface area contributed by atoms with Gasteiger partial charge in [0.25, 0.3) is 0 Å². The highest BCUT2D eigenvalue weighted by Gasteiger charge is 2.67. The third-order valence-corrected chi connectivity index (χ3v) is 4.97. The lowest BCUT2D eigenvalue weighted by molar-refractivity contribution is -0.151. The molecule has 4 rings (SSSR count). The molecule has 2 fully saturated rings. The fourth-order valence-electron chi connectivity index (χ4n) is 4.02. The molecule has 3 aliphatic rings. The van der Waals surface area contributed by atoms with Crippen LogP contribution in [0.25, 0.3) is 0 Å². The Kier molecular flexibility index (Phi) is 3.10. The molecule has 2 saturated heterocycles. The molecule has 0 saturated carbocycles. The fourth-order valence-corrected chi connectivity index (χ4v) is 4.02. The van der Waals surface area contributed by atoms with Crippen LogP contribution in [0.5, 0.6) is 0 Å². The first-order valence-corrected chi connectivity index (χ1v) is 7.97. The van der Waals surface area contributed by atoms with Gasteiger partial charge in [-0.3, -0.25) is 9.59 Å². The Labute approximate surface area is 134 Å². The molecule has 0 radical (unpaired) electrons. The molecule has 0 unspecified atom stereocenters. The van der Waals surface area contributed by atoms with Crippen molar-refractivity contribution >= 4 is 17.6 Å². The Bertz CT molecular complexity index is 713. The van der Waals surface area contributed by atoms with Crippen LogP contribution >= 0.6 is 0 Å². The summed E-state index contributed by atoms with van der Waals surface area (Å²) in [4.78, 5) is 27.0. The molecule has 0 aliphatic carbocycles. The van der Waals surface area contributed by atoms with E-state index in [4.69, 9.17) is 9.47 Å². The molecule has 1 aromatic rings. The topological polar surface area (TPSA) is 55.8 Å². The molecule has 23 heavy (non-hydrogen) atoms. The Morgan fingerprint density at radius 2 is 2.30 bits per heavy atom. The number of carbonyl (C=O) groups excluding carboxylic acids is 2. The van der Waals surface area contributed by atoms with Crippen LogP contribution in [0.15, 0.2) is 36.4 Å². The SMILES string of the molecule is CCOC(=O)[C@@H]1[C@@H]2C=C[C@@]3(CN(c4cccc(C)c4)C(=O)[C@H]13)O2. The van der Waals surface area contributed by atoms with Gasteiger partial charge in [0, 0.05) is 5.69 Å². The highest BCUT2D eigenvalue weighted by molar-refractivity contribution is 6.02. The van der Waals surface area contributed by atoms with Crippen molar-refractivity contribution in [1.82, 2.24) is 0 Å². The summed E-state index contributed by atoms with van der Waals surface area (Å²) in [6.07, 6.45) is 3.50. The van der Waals surface area contributed by atoms with E-state index in [1.165, 1.54) is 0 Å². The van der Waals surface area contributed by atoms with E-state index in [1.54, 1.807) is 11.8 Å². The van der Waals surface area contributed by atoms with Crippen LogP contribution in [0.3, 0.4) is 0 Å². The van der Waals surface area contributed by atoms with Gasteiger partial charge in [0.2, 0.25) is 5.91 Å². The number of rotatable bonds is 3. The van der Waals surface area contributed by atoms with Gasteiger partial charge in [0.15, 0.2) is 0 Å². The van der Waals surface area contributed by atoms with E-state index >= 15 is 0 Å². The Morgan fingerprint density at radius 3 is 3.04 bits per heavy atom. The van der Waals surface area contributed by atoms with E-state index in [2.05, 4.69) is 0 Å². The van der Waals surface area contributed by atoms with Crippen molar-refractivity contribution in [2.75, 3.05) is 18.1 Å². The number of anilines is 1. The Morgan fingerprint density at radius 1 is 1.48 bits per heavy atom. The maximum atomic E-state index is 13.0. The van der Waals surface area contributed by atoms with Crippen LogP contribution in [0.4, 0.5) is 5.69 Å². The number of hydrogen-bond acceptors (Lipinski definition) is 4. The molecule has 1 spiro atoms. The number of benzene rings is 1. The van der Waals surface area contributed by atoms with Crippen molar-refractivity contribution in [1.29, 1.82) is 0 Å². The maximum Gasteiger partial charge on any atom is 0.312 e. The molecule has 0 N–H and O–H groups in total. The van der Waals surface area contributed by atoms with Crippen molar-refractivity contribution in [3.05, 3.63) is 42.0 Å². The summed E-state index contributed by atoms with van der Waals surface area (Å²) in [5.74, 6) is -1.42. The molecule has 1 aromatic carbocycles. The molecule has 0 aromatic heterocycles. The first kappa shape index (κ1) is 14.5. The van der Waals surface area contributed by atoms with Crippen LogP contribution in [0, 0.1) is 18.8 Å². The minimum atomic E-state index is -0.692. The smallest absolute Gasteiger partial charge is 0.312 e. The van der Waals surface area contributed by atoms with Crippen molar-refractivity contribution in [2.45, 2.75) is 25.6 Å². The average Bonchev–Trinajstić information content (AvgIpc) is 3.16. The number of carbonyl (C=O) groups is 2. The van der Waals surface area contributed by atoms with E-state index in [0.29, 0.717) is 13.2 Å². The minimum absolute atomic E-state index is 0.0551. The second-order valence-electron chi connectivity index (χ2n) is 6.42. The number of esters is 1. The van der Waals surface area contributed by atoms with Crippen molar-refractivity contribution in [3.63, 3.8) is 0 Å². The van der Waals surface area contributed by atoms with Gasteiger partial charge in [-0.15, -0.1) is 0 Å². The number of ether oxygens (including phenoxy) is 2. The zero-order chi connectivity index (χ0) is 16.2. The molecular weight excluding hydrogens is 294 g/mol. The molecule has 2 bridgehead atoms. The number of amides is 1. The first-order chi connectivity index (χ1) is 11.1. The molecule has 3 aliphatic heterocycles. The van der Waals surface area contributed by atoms with Crippen LogP contribution in [-0.4, -0.2) is 36.7 Å². The number of nitrogens with zero attached hydrogens (tertiary/aromatic N) is 1. The largest absolute Gasteiger partial charge is 0.466 e. The summed E-state index contributed by atoms with van der Waals surface area (Å²) in [5, 5.41) is 0. The standard InChI is InChI=1S/C18H19NO4/c1-3-22-17(21)14-13-7-8-18(23-13)10-19(16(20)15(14)18)12-6-4-5-11(2)9-12/h4-9,13-15H,3,10H2,1-2H3/t13-,14+,15-,18-/m0/s1. The minimum Gasteiger partial charge on any atom is -0.466 e. The lowest BCUT2D eigenvalue weighted by Crippen LogP contribution is -2.40. The lowest BCUT2D eigenvalue weighted by Gasteiger charge is -2.22. The molecule has 5 nitrogen and oxygen atoms in total. The fraction of sp³-hybridized carbons (Fsp3) is 0.444. The normalized spacial score (nSPS) is 34.1. The van der Waals surface area contributed by atoms with E-state index in [9.17, 15) is 9.59 Å². The van der Waals surface area contributed by atoms with E-state index in [1.807, 2.05) is 43.3 Å². The molecule has 5 heteroatoms. The van der Waals surface area contributed by atoms with Gasteiger partial charge in [-0.05, 0) is 31.5 Å². The highest BCUT2D eigenvalue weighted by Crippen LogP contribution is 2.52. The summed E-state index contributed by atoms with van der Waals surface area (Å²) in [6.45, 7) is 4.52. The predicted molar refractivity (Wildman–Crippen MR) is 83.9 cm³/mol. The van der Waals surface area contributed by atoms with E-state index < -0.39 is 17.4 Å². The summed E-state index contributed by atoms with van der Waals surface area (Å²) in [7, 11) is 0. The van der Waals surface area contributed by atoms with Gasteiger partial charge >= 0.3 is 5.97 Å². The molecular formula is C18H19NO4. The van der Waals surface area contributed by atoms with Gasteiger partial charge in [-0.1, -0.05) is 24.3 Å². The van der Waals surface area contributed by atoms with Gasteiger partial charge in [-0.2, -0.15) is 0 Å². The highest BCUT2D eigenvalue weighted by atomic mass is 16.6. The van der Waals surface area contributed by atoms with Crippen molar-refractivity contribution in [3.8, 4) is 0 Å². The molecule has 120 valence electrons. The molecule has 4 atom stereocenters. The third kappa shape index (κ3) is 1.96. The van der Waals surface area contributed by atoms with E-state index in [-0.39, 0.29) is 18.0 Å². The number of aryl methyl sites for hydroxylation is 1. The Hall–Kier alpha value is -2.14. The zero-order valence-electron chi connectivity index (χ0n) is 13.2. The average molecular weight is 313 g/mol. The number of hydrogen-bond donors (Lipinski definition) is 0. The van der Waals surface area contributed by atoms with Crippen molar-refractivity contribution < 1.29 is 19.1 Å². The van der Waals surface area contributed by atoms with Crippen LogP contribution in [0.2, 0.25) is 0 Å². The number of fused-ring (bicyclic) bond motifs is 1. The van der Waals surface area contributed by atoms with Crippen LogP contribution < -0.4 is 4.90 Å². The quantitative estimate of drug-likeness (QED) is 0.631. The lowest BCUT2D eigenvalue weighted by atomic mass is 9.77.